The third-order valence-corrected chi connectivity index (χ3v) is 5.82. The van der Waals surface area contributed by atoms with Crippen molar-refractivity contribution < 1.29 is 13.6 Å². The number of nitrogens with zero attached hydrogens (tertiary/aromatic N) is 3. The maximum absolute atomic E-state index is 13.2. The van der Waals surface area contributed by atoms with Gasteiger partial charge in [0, 0.05) is 19.3 Å². The molecule has 3 aromatic rings. The Morgan fingerprint density at radius 3 is 2.34 bits per heavy atom. The topological polar surface area (TPSA) is 58.1 Å². The lowest BCUT2D eigenvalue weighted by Crippen LogP contribution is -2.34. The van der Waals surface area contributed by atoms with E-state index in [0.29, 0.717) is 30.2 Å². The molecule has 0 radical (unpaired) electrons. The first-order chi connectivity index (χ1) is 15.5. The second-order valence-corrected chi connectivity index (χ2v) is 8.14. The molecule has 1 atom stereocenters. The fraction of sp³-hybridized carbons (Fsp3) is 0.320. The third-order valence-electron chi connectivity index (χ3n) is 5.82. The minimum absolute atomic E-state index is 0.0591. The number of halogens is 2. The number of nitrogens with one attached hydrogen (secondary N) is 1. The van der Waals surface area contributed by atoms with Crippen LogP contribution in [0.25, 0.3) is 0 Å². The van der Waals surface area contributed by atoms with Gasteiger partial charge < -0.3 is 5.32 Å². The van der Waals surface area contributed by atoms with Gasteiger partial charge in [0.25, 0.3) is 5.91 Å². The van der Waals surface area contributed by atoms with Crippen LogP contribution in [0.5, 0.6) is 0 Å². The highest BCUT2D eigenvalue weighted by Crippen LogP contribution is 2.30. The average Bonchev–Trinajstić information content (AvgIpc) is 2.80. The number of benzene rings is 2. The van der Waals surface area contributed by atoms with Gasteiger partial charge in [-0.25, -0.2) is 18.7 Å². The van der Waals surface area contributed by atoms with Crippen LogP contribution in [0.15, 0.2) is 54.7 Å². The number of hydrogen-bond acceptors (Lipinski definition) is 4. The van der Waals surface area contributed by atoms with Crippen LogP contribution < -0.4 is 5.32 Å². The number of carbonyl (C=O) groups excluding carboxylic acids is 1. The van der Waals surface area contributed by atoms with Crippen molar-refractivity contribution in [2.45, 2.75) is 45.3 Å². The zero-order chi connectivity index (χ0) is 22.5. The molecule has 1 fully saturated rings. The number of aryl methyl sites for hydroxylation is 1. The number of piperidine rings is 1. The van der Waals surface area contributed by atoms with E-state index in [4.69, 9.17) is 0 Å². The Kier molecular flexibility index (Phi) is 6.85. The van der Waals surface area contributed by atoms with Gasteiger partial charge in [-0.05, 0) is 61.7 Å². The molecule has 32 heavy (non-hydrogen) atoms. The molecule has 1 saturated heterocycles. The van der Waals surface area contributed by atoms with Crippen LogP contribution >= 0.6 is 0 Å². The Morgan fingerprint density at radius 2 is 1.69 bits per heavy atom. The summed E-state index contributed by atoms with van der Waals surface area (Å²) < 4.78 is 26.3. The molecular formula is C25H26F2N4O. The van der Waals surface area contributed by atoms with Crippen molar-refractivity contribution in [3.05, 3.63) is 94.6 Å². The first-order valence-electron chi connectivity index (χ1n) is 10.8. The minimum Gasteiger partial charge on any atom is -0.348 e. The van der Waals surface area contributed by atoms with Gasteiger partial charge in [0.1, 0.15) is 17.5 Å². The first-order valence-corrected chi connectivity index (χ1v) is 10.8. The lowest BCUT2D eigenvalue weighted by Gasteiger charge is -2.34. The average molecular weight is 437 g/mol. The molecule has 2 aromatic carbocycles. The van der Waals surface area contributed by atoms with Gasteiger partial charge in [-0.2, -0.15) is 0 Å². The van der Waals surface area contributed by atoms with Crippen LogP contribution in [0.3, 0.4) is 0 Å². The summed E-state index contributed by atoms with van der Waals surface area (Å²) in [5.74, 6) is -0.100. The number of carbonyl (C=O) groups is 1. The summed E-state index contributed by atoms with van der Waals surface area (Å²) >= 11 is 0. The maximum atomic E-state index is 13.2. The van der Waals surface area contributed by atoms with Gasteiger partial charge in [0.15, 0.2) is 0 Å². The molecule has 1 aliphatic rings. The first kappa shape index (κ1) is 22.0. The molecule has 1 aromatic heterocycles. The molecule has 1 N–H and O–H groups in total. The molecule has 5 nitrogen and oxygen atoms in total. The van der Waals surface area contributed by atoms with Gasteiger partial charge in [-0.3, -0.25) is 9.69 Å². The van der Waals surface area contributed by atoms with Crippen molar-refractivity contribution in [2.24, 2.45) is 0 Å². The van der Waals surface area contributed by atoms with E-state index in [0.717, 1.165) is 36.9 Å². The summed E-state index contributed by atoms with van der Waals surface area (Å²) in [4.78, 5) is 24.1. The maximum Gasteiger partial charge on any atom is 0.254 e. The predicted octanol–water partition coefficient (Wildman–Crippen LogP) is 4.72. The Bertz CT molecular complexity index is 1070. The van der Waals surface area contributed by atoms with Crippen molar-refractivity contribution in [1.82, 2.24) is 20.2 Å². The van der Waals surface area contributed by atoms with Gasteiger partial charge in [-0.15, -0.1) is 0 Å². The Morgan fingerprint density at radius 1 is 1.03 bits per heavy atom. The van der Waals surface area contributed by atoms with Crippen LogP contribution in [-0.4, -0.2) is 27.3 Å². The van der Waals surface area contributed by atoms with Crippen molar-refractivity contribution in [2.75, 3.05) is 6.54 Å². The number of hydrogen-bond donors (Lipinski definition) is 1. The molecular weight excluding hydrogens is 410 g/mol. The highest BCUT2D eigenvalue weighted by Gasteiger charge is 2.27. The van der Waals surface area contributed by atoms with Crippen molar-refractivity contribution in [3.63, 3.8) is 0 Å². The van der Waals surface area contributed by atoms with Crippen molar-refractivity contribution in [1.29, 1.82) is 0 Å². The fourth-order valence-corrected chi connectivity index (χ4v) is 4.05. The Labute approximate surface area is 186 Å². The third kappa shape index (κ3) is 5.34. The number of amides is 1. The highest BCUT2D eigenvalue weighted by atomic mass is 19.1. The highest BCUT2D eigenvalue weighted by molar-refractivity contribution is 5.94. The molecule has 0 unspecified atom stereocenters. The fourth-order valence-electron chi connectivity index (χ4n) is 4.05. The number of rotatable bonds is 6. The number of aromatic nitrogens is 2. The van der Waals surface area contributed by atoms with Crippen LogP contribution in [0.2, 0.25) is 0 Å². The van der Waals surface area contributed by atoms with E-state index in [1.54, 1.807) is 18.3 Å². The van der Waals surface area contributed by atoms with Crippen molar-refractivity contribution in [3.8, 4) is 0 Å². The molecule has 0 spiro atoms. The molecule has 2 heterocycles. The van der Waals surface area contributed by atoms with Gasteiger partial charge in [0.2, 0.25) is 0 Å². The predicted molar refractivity (Wildman–Crippen MR) is 118 cm³/mol. The summed E-state index contributed by atoms with van der Waals surface area (Å²) in [7, 11) is 0. The van der Waals surface area contributed by atoms with E-state index in [-0.39, 0.29) is 23.6 Å². The second-order valence-electron chi connectivity index (χ2n) is 8.14. The van der Waals surface area contributed by atoms with Crippen LogP contribution in [0, 0.1) is 18.6 Å². The summed E-state index contributed by atoms with van der Waals surface area (Å²) in [6, 6.07) is 12.6. The molecule has 4 rings (SSSR count). The monoisotopic (exact) mass is 436 g/mol. The summed E-state index contributed by atoms with van der Waals surface area (Å²) in [6.07, 6.45) is 4.71. The summed E-state index contributed by atoms with van der Waals surface area (Å²) in [6.45, 7) is 3.73. The van der Waals surface area contributed by atoms with E-state index in [2.05, 4.69) is 20.2 Å². The minimum atomic E-state index is -0.309. The largest absolute Gasteiger partial charge is 0.348 e. The van der Waals surface area contributed by atoms with E-state index in [1.807, 2.05) is 19.1 Å². The van der Waals surface area contributed by atoms with Gasteiger partial charge in [0.05, 0.1) is 17.3 Å². The van der Waals surface area contributed by atoms with Gasteiger partial charge >= 0.3 is 0 Å². The van der Waals surface area contributed by atoms with Crippen LogP contribution in [-0.2, 0) is 13.1 Å². The Balaban J connectivity index is 1.45. The SMILES string of the molecule is Cc1nc([C@@H]2CCCCN2Cc2ccc(F)cc2)ncc1C(=O)NCc1ccc(F)cc1. The molecule has 0 aliphatic carbocycles. The summed E-state index contributed by atoms with van der Waals surface area (Å²) in [5.41, 5.74) is 2.91. The molecule has 0 bridgehead atoms. The van der Waals surface area contributed by atoms with E-state index >= 15 is 0 Å². The van der Waals surface area contributed by atoms with E-state index < -0.39 is 0 Å². The lowest BCUT2D eigenvalue weighted by molar-refractivity contribution is 0.0948. The van der Waals surface area contributed by atoms with Crippen molar-refractivity contribution >= 4 is 5.91 Å². The van der Waals surface area contributed by atoms with E-state index in [9.17, 15) is 13.6 Å². The summed E-state index contributed by atoms with van der Waals surface area (Å²) in [5, 5.41) is 2.84. The number of likely N-dealkylation sites (tertiary alicyclic amines) is 1. The standard InChI is InChI=1S/C25H26F2N4O/c1-17-22(25(32)29-14-18-5-9-20(26)10-6-18)15-28-24(30-17)23-4-2-3-13-31(23)16-19-7-11-21(27)12-8-19/h5-12,15,23H,2-4,13-14,16H2,1H3,(H,29,32)/t23-/m0/s1. The molecule has 1 amide bonds. The van der Waals surface area contributed by atoms with E-state index in [1.165, 1.54) is 24.3 Å². The normalized spacial score (nSPS) is 16.7. The Hall–Kier alpha value is -3.19. The van der Waals surface area contributed by atoms with Crippen LogP contribution in [0.1, 0.15) is 58.3 Å². The quantitative estimate of drug-likeness (QED) is 0.608. The van der Waals surface area contributed by atoms with Crippen LogP contribution in [0.4, 0.5) is 8.78 Å². The second kappa shape index (κ2) is 9.96. The zero-order valence-corrected chi connectivity index (χ0v) is 18.0. The lowest BCUT2D eigenvalue weighted by atomic mass is 10.00. The molecule has 1 aliphatic heterocycles. The molecule has 166 valence electrons. The smallest absolute Gasteiger partial charge is 0.254 e. The molecule has 7 heteroatoms. The zero-order valence-electron chi connectivity index (χ0n) is 18.0. The van der Waals surface area contributed by atoms with Gasteiger partial charge in [-0.1, -0.05) is 30.7 Å². The molecule has 0 saturated carbocycles.